The van der Waals surface area contributed by atoms with Gasteiger partial charge in [-0.25, -0.2) is 0 Å². The molecule has 0 heterocycles. The summed E-state index contributed by atoms with van der Waals surface area (Å²) in [5, 5.41) is 0.247. The van der Waals surface area contributed by atoms with Crippen LogP contribution >= 0.6 is 19.2 Å². The van der Waals surface area contributed by atoms with Crippen LogP contribution in [0.3, 0.4) is 0 Å². The van der Waals surface area contributed by atoms with Crippen LogP contribution in [0, 0.1) is 0 Å². The molecule has 0 saturated heterocycles. The Balaban J connectivity index is 3.07. The molecule has 0 bridgehead atoms. The van der Waals surface area contributed by atoms with Crippen molar-refractivity contribution >= 4 is 19.2 Å². The highest BCUT2D eigenvalue weighted by Gasteiger charge is 2.43. The normalized spacial score (nSPS) is 17.5. The Morgan fingerprint density at radius 1 is 1.35 bits per heavy atom. The first-order valence-corrected chi connectivity index (χ1v) is 6.75. The van der Waals surface area contributed by atoms with E-state index < -0.39 is 19.9 Å². The van der Waals surface area contributed by atoms with E-state index in [-0.39, 0.29) is 10.6 Å². The lowest BCUT2D eigenvalue weighted by Gasteiger charge is -2.27. The summed E-state index contributed by atoms with van der Waals surface area (Å²) in [5.74, 6) is 0. The molecule has 0 saturated carbocycles. The average molecular weight is 288 g/mol. The molecule has 96 valence electrons. The molecule has 0 N–H and O–H groups in total. The predicted octanol–water partition coefficient (Wildman–Crippen LogP) is 3.14. The second-order valence-corrected chi connectivity index (χ2v) is 5.54. The van der Waals surface area contributed by atoms with Crippen LogP contribution in [0.2, 0.25) is 5.02 Å². The van der Waals surface area contributed by atoms with E-state index >= 15 is 0 Å². The van der Waals surface area contributed by atoms with Crippen molar-refractivity contribution in [2.45, 2.75) is 12.3 Å². The van der Waals surface area contributed by atoms with Crippen LogP contribution in [-0.2, 0) is 9.09 Å². The molecule has 0 spiro atoms. The third kappa shape index (κ3) is 4.68. The van der Waals surface area contributed by atoms with Gasteiger partial charge in [-0.3, -0.25) is 0 Å². The third-order valence-corrected chi connectivity index (χ3v) is 2.61. The summed E-state index contributed by atoms with van der Waals surface area (Å²) in [6, 6.07) is 4.58. The van der Waals surface area contributed by atoms with E-state index in [0.29, 0.717) is 6.66 Å². The largest absolute Gasteiger partial charge is 0.779 e. The van der Waals surface area contributed by atoms with Gasteiger partial charge in [0.05, 0.1) is 0 Å². The van der Waals surface area contributed by atoms with E-state index in [0.717, 1.165) is 12.1 Å². The van der Waals surface area contributed by atoms with Crippen molar-refractivity contribution in [2.24, 2.45) is 0 Å². The van der Waals surface area contributed by atoms with Crippen LogP contribution in [0.15, 0.2) is 24.3 Å². The number of rotatable bonds is 3. The zero-order valence-corrected chi connectivity index (χ0v) is 10.2. The van der Waals surface area contributed by atoms with Gasteiger partial charge in [-0.05, 0) is 17.7 Å². The van der Waals surface area contributed by atoms with Crippen LogP contribution in [0.25, 0.3) is 0 Å². The van der Waals surface area contributed by atoms with E-state index in [9.17, 15) is 22.6 Å². The fourth-order valence-corrected chi connectivity index (χ4v) is 1.89. The molecule has 1 aromatic carbocycles. The lowest BCUT2D eigenvalue weighted by Crippen LogP contribution is -2.24. The summed E-state index contributed by atoms with van der Waals surface area (Å²) in [4.78, 5) is 10.8. The van der Waals surface area contributed by atoms with Gasteiger partial charge in [-0.15, -0.1) is 0 Å². The van der Waals surface area contributed by atoms with Crippen molar-refractivity contribution in [1.29, 1.82) is 0 Å². The minimum atomic E-state index is -4.82. The van der Waals surface area contributed by atoms with E-state index in [1.807, 2.05) is 0 Å². The van der Waals surface area contributed by atoms with Gasteiger partial charge in [0, 0.05) is 11.7 Å². The lowest BCUT2D eigenvalue weighted by atomic mass is 10.1. The van der Waals surface area contributed by atoms with Gasteiger partial charge in [0.15, 0.2) is 6.10 Å². The van der Waals surface area contributed by atoms with Crippen LogP contribution in [0.1, 0.15) is 11.7 Å². The number of benzene rings is 1. The van der Waals surface area contributed by atoms with Gasteiger partial charge >= 0.3 is 6.18 Å². The molecule has 1 rings (SSSR count). The Morgan fingerprint density at radius 2 is 1.82 bits per heavy atom. The highest BCUT2D eigenvalue weighted by molar-refractivity contribution is 7.50. The maximum absolute atomic E-state index is 12.6. The van der Waals surface area contributed by atoms with Crippen molar-refractivity contribution in [3.63, 3.8) is 0 Å². The lowest BCUT2D eigenvalue weighted by molar-refractivity contribution is -0.239. The minimum absolute atomic E-state index is 0.247. The summed E-state index contributed by atoms with van der Waals surface area (Å²) in [6.07, 6.45) is -7.32. The SMILES string of the molecule is CP(=O)([O-])OC(c1ccc(Cl)cc1)C(F)(F)F. The van der Waals surface area contributed by atoms with Gasteiger partial charge in [0.1, 0.15) is 7.60 Å². The molecule has 0 fully saturated rings. The van der Waals surface area contributed by atoms with Crippen molar-refractivity contribution < 1.29 is 27.2 Å². The Hall–Kier alpha value is -0.550. The van der Waals surface area contributed by atoms with Gasteiger partial charge in [0.25, 0.3) is 0 Å². The summed E-state index contributed by atoms with van der Waals surface area (Å²) < 4.78 is 52.7. The first kappa shape index (κ1) is 14.5. The third-order valence-electron chi connectivity index (χ3n) is 1.77. The van der Waals surface area contributed by atoms with E-state index in [1.165, 1.54) is 12.1 Å². The molecule has 1 aromatic rings. The smallest absolute Gasteiger partial charge is 0.419 e. The molecule has 0 radical (unpaired) electrons. The van der Waals surface area contributed by atoms with Crippen molar-refractivity contribution in [3.05, 3.63) is 34.9 Å². The van der Waals surface area contributed by atoms with E-state index in [2.05, 4.69) is 4.52 Å². The maximum Gasteiger partial charge on any atom is 0.419 e. The Bertz CT molecular complexity index is 426. The highest BCUT2D eigenvalue weighted by atomic mass is 35.5. The second-order valence-electron chi connectivity index (χ2n) is 3.35. The Kier molecular flexibility index (Phi) is 4.25. The zero-order valence-electron chi connectivity index (χ0n) is 8.57. The average Bonchev–Trinajstić information content (AvgIpc) is 2.13. The highest BCUT2D eigenvalue weighted by Crippen LogP contribution is 2.46. The standard InChI is InChI=1S/C9H9ClF3O3P/c1-17(14,15)16-8(9(11,12)13)6-2-4-7(10)5-3-6/h2-5,8H,1H3,(H,14,15)/p-1. The Labute approximate surface area is 101 Å². The molecule has 3 nitrogen and oxygen atoms in total. The molecule has 2 unspecified atom stereocenters. The number of alkyl halides is 3. The molecular formula is C9H8ClF3O3P-. The monoisotopic (exact) mass is 287 g/mol. The van der Waals surface area contributed by atoms with Crippen molar-refractivity contribution in [2.75, 3.05) is 6.66 Å². The molecule has 17 heavy (non-hydrogen) atoms. The van der Waals surface area contributed by atoms with Crippen LogP contribution in [-0.4, -0.2) is 12.8 Å². The molecule has 0 aliphatic rings. The van der Waals surface area contributed by atoms with Crippen molar-refractivity contribution in [3.8, 4) is 0 Å². The van der Waals surface area contributed by atoms with Crippen LogP contribution in [0.4, 0.5) is 13.2 Å². The molecule has 0 amide bonds. The first-order valence-electron chi connectivity index (χ1n) is 4.39. The quantitative estimate of drug-likeness (QED) is 0.803. The second kappa shape index (κ2) is 4.98. The first-order chi connectivity index (χ1) is 7.59. The predicted molar refractivity (Wildman–Crippen MR) is 54.9 cm³/mol. The molecule has 0 aromatic heterocycles. The van der Waals surface area contributed by atoms with E-state index in [1.54, 1.807) is 0 Å². The molecule has 2 atom stereocenters. The Morgan fingerprint density at radius 3 is 2.18 bits per heavy atom. The van der Waals surface area contributed by atoms with Gasteiger partial charge in [0.2, 0.25) is 0 Å². The zero-order chi connectivity index (χ0) is 13.3. The van der Waals surface area contributed by atoms with Crippen LogP contribution < -0.4 is 4.89 Å². The summed E-state index contributed by atoms with van der Waals surface area (Å²) in [7, 11) is -4.50. The minimum Gasteiger partial charge on any atom is -0.779 e. The van der Waals surface area contributed by atoms with E-state index in [4.69, 9.17) is 11.6 Å². The molecule has 0 aliphatic carbocycles. The van der Waals surface area contributed by atoms with Crippen LogP contribution in [0.5, 0.6) is 0 Å². The van der Waals surface area contributed by atoms with Gasteiger partial charge in [-0.1, -0.05) is 23.7 Å². The molecular weight excluding hydrogens is 280 g/mol. The van der Waals surface area contributed by atoms with Gasteiger partial charge < -0.3 is 14.0 Å². The number of hydrogen-bond donors (Lipinski definition) is 0. The fourth-order valence-electron chi connectivity index (χ4n) is 1.14. The summed E-state index contributed by atoms with van der Waals surface area (Å²) in [6.45, 7) is 0.585. The summed E-state index contributed by atoms with van der Waals surface area (Å²) >= 11 is 5.53. The fraction of sp³-hybridized carbons (Fsp3) is 0.333. The van der Waals surface area contributed by atoms with Crippen molar-refractivity contribution in [1.82, 2.24) is 0 Å². The summed E-state index contributed by atoms with van der Waals surface area (Å²) in [5.41, 5.74) is -0.320. The van der Waals surface area contributed by atoms with Gasteiger partial charge in [-0.2, -0.15) is 13.2 Å². The topological polar surface area (TPSA) is 49.4 Å². The molecule has 8 heteroatoms. The number of hydrogen-bond acceptors (Lipinski definition) is 3. The maximum atomic E-state index is 12.6. The number of halogens is 4. The molecule has 0 aliphatic heterocycles.